The lowest BCUT2D eigenvalue weighted by Crippen LogP contribution is -2.03. The molecule has 0 aliphatic heterocycles. The van der Waals surface area contributed by atoms with Crippen molar-refractivity contribution >= 4 is 23.4 Å². The molecule has 0 unspecified atom stereocenters. The van der Waals surface area contributed by atoms with E-state index in [1.165, 1.54) is 26.5 Å². The summed E-state index contributed by atoms with van der Waals surface area (Å²) in [6, 6.07) is 12.5. The average molecular weight is 292 g/mol. The smallest absolute Gasteiger partial charge is 0.0417 e. The summed E-state index contributed by atoms with van der Waals surface area (Å²) in [5.74, 6) is 0. The van der Waals surface area contributed by atoms with Gasteiger partial charge in [-0.2, -0.15) is 0 Å². The molecule has 0 saturated heterocycles. The zero-order valence-corrected chi connectivity index (χ0v) is 12.8. The van der Waals surface area contributed by atoms with Crippen LogP contribution in [-0.4, -0.2) is 6.54 Å². The molecule has 100 valence electrons. The Morgan fingerprint density at radius 2 is 1.84 bits per heavy atom. The van der Waals surface area contributed by atoms with Gasteiger partial charge in [-0.15, -0.1) is 0 Å². The predicted octanol–water partition coefficient (Wildman–Crippen LogP) is 4.61. The highest BCUT2D eigenvalue weighted by Gasteiger charge is 2.06. The minimum absolute atomic E-state index is 0.655. The lowest BCUT2D eigenvalue weighted by atomic mass is 10.1. The van der Waals surface area contributed by atoms with E-state index >= 15 is 0 Å². The van der Waals surface area contributed by atoms with Crippen LogP contribution in [0.15, 0.2) is 46.2 Å². The van der Waals surface area contributed by atoms with Crippen LogP contribution in [0.1, 0.15) is 16.7 Å². The molecular weight excluding hydrogens is 274 g/mol. The Balaban J connectivity index is 2.30. The van der Waals surface area contributed by atoms with Gasteiger partial charge in [-0.25, -0.2) is 0 Å². The maximum atomic E-state index is 6.10. The molecule has 0 bridgehead atoms. The lowest BCUT2D eigenvalue weighted by molar-refractivity contribution is 0.944. The van der Waals surface area contributed by atoms with E-state index in [9.17, 15) is 0 Å². The highest BCUT2D eigenvalue weighted by molar-refractivity contribution is 7.99. The second-order valence-corrected chi connectivity index (χ2v) is 6.19. The second-order valence-electron chi connectivity index (χ2n) is 4.64. The van der Waals surface area contributed by atoms with Crippen molar-refractivity contribution in [1.82, 2.24) is 0 Å². The Hall–Kier alpha value is -0.960. The molecule has 19 heavy (non-hydrogen) atoms. The van der Waals surface area contributed by atoms with Crippen molar-refractivity contribution < 1.29 is 0 Å². The van der Waals surface area contributed by atoms with Gasteiger partial charge in [0, 0.05) is 14.8 Å². The molecule has 0 amide bonds. The van der Waals surface area contributed by atoms with Crippen molar-refractivity contribution in [3.05, 3.63) is 58.1 Å². The van der Waals surface area contributed by atoms with E-state index in [0.29, 0.717) is 6.54 Å². The number of hydrogen-bond donors (Lipinski definition) is 1. The van der Waals surface area contributed by atoms with Gasteiger partial charge < -0.3 is 5.73 Å². The summed E-state index contributed by atoms with van der Waals surface area (Å²) >= 11 is 7.85. The van der Waals surface area contributed by atoms with Crippen molar-refractivity contribution in [2.45, 2.75) is 30.1 Å². The maximum absolute atomic E-state index is 6.10. The Kier molecular flexibility index (Phi) is 4.92. The van der Waals surface area contributed by atoms with Gasteiger partial charge in [0.25, 0.3) is 0 Å². The zero-order valence-electron chi connectivity index (χ0n) is 11.2. The molecule has 1 nitrogen and oxygen atoms in total. The number of hydrogen-bond acceptors (Lipinski definition) is 2. The van der Waals surface area contributed by atoms with E-state index in [0.717, 1.165) is 11.4 Å². The molecule has 0 fully saturated rings. The van der Waals surface area contributed by atoms with E-state index in [4.69, 9.17) is 17.3 Å². The van der Waals surface area contributed by atoms with E-state index in [1.807, 2.05) is 12.1 Å². The first-order valence-corrected chi connectivity index (χ1v) is 7.53. The third-order valence-electron chi connectivity index (χ3n) is 3.15. The minimum Gasteiger partial charge on any atom is -0.330 e. The highest BCUT2D eigenvalue weighted by Crippen LogP contribution is 2.33. The summed E-state index contributed by atoms with van der Waals surface area (Å²) in [6.07, 6.45) is 0.879. The van der Waals surface area contributed by atoms with Crippen LogP contribution in [0, 0.1) is 13.8 Å². The monoisotopic (exact) mass is 291 g/mol. The molecule has 0 aliphatic rings. The van der Waals surface area contributed by atoms with Crippen LogP contribution in [0.2, 0.25) is 5.02 Å². The predicted molar refractivity (Wildman–Crippen MR) is 84.2 cm³/mol. The SMILES string of the molecule is Cc1ccc(Sc2cc(Cl)ccc2CCN)cc1C. The first kappa shape index (κ1) is 14.4. The number of benzene rings is 2. The summed E-state index contributed by atoms with van der Waals surface area (Å²) in [5, 5.41) is 0.770. The van der Waals surface area contributed by atoms with Crippen molar-refractivity contribution in [3.8, 4) is 0 Å². The third kappa shape index (κ3) is 3.75. The molecule has 0 aromatic heterocycles. The number of rotatable bonds is 4. The van der Waals surface area contributed by atoms with Crippen LogP contribution in [-0.2, 0) is 6.42 Å². The average Bonchev–Trinajstić information content (AvgIpc) is 2.37. The summed E-state index contributed by atoms with van der Waals surface area (Å²) in [5.41, 5.74) is 9.55. The van der Waals surface area contributed by atoms with Gasteiger partial charge in [0.15, 0.2) is 0 Å². The molecule has 0 heterocycles. The van der Waals surface area contributed by atoms with E-state index in [-0.39, 0.29) is 0 Å². The molecule has 2 aromatic rings. The molecule has 0 atom stereocenters. The molecule has 2 aromatic carbocycles. The van der Waals surface area contributed by atoms with Crippen molar-refractivity contribution in [1.29, 1.82) is 0 Å². The van der Waals surface area contributed by atoms with Gasteiger partial charge in [-0.1, -0.05) is 35.5 Å². The maximum Gasteiger partial charge on any atom is 0.0417 e. The van der Waals surface area contributed by atoms with Gasteiger partial charge in [-0.05, 0) is 67.8 Å². The normalized spacial score (nSPS) is 10.7. The quantitative estimate of drug-likeness (QED) is 0.890. The molecule has 3 heteroatoms. The fourth-order valence-corrected chi connectivity index (χ4v) is 3.24. The van der Waals surface area contributed by atoms with Crippen LogP contribution in [0.25, 0.3) is 0 Å². The number of nitrogens with two attached hydrogens (primary N) is 1. The van der Waals surface area contributed by atoms with Gasteiger partial charge in [0.05, 0.1) is 0 Å². The minimum atomic E-state index is 0.655. The Morgan fingerprint density at radius 3 is 2.53 bits per heavy atom. The van der Waals surface area contributed by atoms with Crippen LogP contribution in [0.3, 0.4) is 0 Å². The molecule has 0 spiro atoms. The number of halogens is 1. The van der Waals surface area contributed by atoms with Crippen molar-refractivity contribution in [2.75, 3.05) is 6.54 Å². The first-order chi connectivity index (χ1) is 9.10. The second kappa shape index (κ2) is 6.47. The van der Waals surface area contributed by atoms with Crippen molar-refractivity contribution in [2.24, 2.45) is 5.73 Å². The van der Waals surface area contributed by atoms with E-state index < -0.39 is 0 Å². The van der Waals surface area contributed by atoms with Crippen LogP contribution in [0.5, 0.6) is 0 Å². The van der Waals surface area contributed by atoms with Gasteiger partial charge in [-0.3, -0.25) is 0 Å². The number of aryl methyl sites for hydroxylation is 2. The summed E-state index contributed by atoms with van der Waals surface area (Å²) in [7, 11) is 0. The van der Waals surface area contributed by atoms with Gasteiger partial charge >= 0.3 is 0 Å². The topological polar surface area (TPSA) is 26.0 Å². The largest absolute Gasteiger partial charge is 0.330 e. The standard InChI is InChI=1S/C16H18ClNS/c1-11-3-6-15(9-12(11)2)19-16-10-14(17)5-4-13(16)7-8-18/h3-6,9-10H,7-8,18H2,1-2H3. The van der Waals surface area contributed by atoms with Gasteiger partial charge in [0.1, 0.15) is 0 Å². The molecule has 2 N–H and O–H groups in total. The molecule has 0 saturated carbocycles. The fourth-order valence-electron chi connectivity index (χ4n) is 1.89. The first-order valence-electron chi connectivity index (χ1n) is 6.34. The van der Waals surface area contributed by atoms with Gasteiger partial charge in [0.2, 0.25) is 0 Å². The van der Waals surface area contributed by atoms with E-state index in [2.05, 4.69) is 38.1 Å². The fraction of sp³-hybridized carbons (Fsp3) is 0.250. The Labute approximate surface area is 124 Å². The highest BCUT2D eigenvalue weighted by atomic mass is 35.5. The Bertz CT molecular complexity index is 581. The molecule has 0 aliphatic carbocycles. The summed E-state index contributed by atoms with van der Waals surface area (Å²) < 4.78 is 0. The van der Waals surface area contributed by atoms with Crippen LogP contribution >= 0.6 is 23.4 Å². The van der Waals surface area contributed by atoms with E-state index in [1.54, 1.807) is 11.8 Å². The van der Waals surface area contributed by atoms with Crippen LogP contribution in [0.4, 0.5) is 0 Å². The summed E-state index contributed by atoms with van der Waals surface area (Å²) in [6.45, 7) is 4.92. The molecule has 2 rings (SSSR count). The van der Waals surface area contributed by atoms with Crippen LogP contribution < -0.4 is 5.73 Å². The summed E-state index contributed by atoms with van der Waals surface area (Å²) in [4.78, 5) is 2.44. The molecule has 0 radical (unpaired) electrons. The zero-order chi connectivity index (χ0) is 13.8. The molecular formula is C16H18ClNS. The lowest BCUT2D eigenvalue weighted by Gasteiger charge is -2.10. The Morgan fingerprint density at radius 1 is 1.05 bits per heavy atom. The third-order valence-corrected chi connectivity index (χ3v) is 4.47. The van der Waals surface area contributed by atoms with Crippen molar-refractivity contribution in [3.63, 3.8) is 0 Å².